The lowest BCUT2D eigenvalue weighted by Crippen LogP contribution is -2.61. The van der Waals surface area contributed by atoms with Gasteiger partial charge in [0, 0.05) is 26.1 Å². The summed E-state index contributed by atoms with van der Waals surface area (Å²) in [6.45, 7) is 3.72. The van der Waals surface area contributed by atoms with Crippen LogP contribution in [0.1, 0.15) is 31.2 Å². The van der Waals surface area contributed by atoms with Crippen molar-refractivity contribution in [1.82, 2.24) is 24.6 Å². The van der Waals surface area contributed by atoms with Crippen LogP contribution in [0, 0.1) is 0 Å². The molecule has 0 unspecified atom stereocenters. The molecule has 1 aromatic carbocycles. The quantitative estimate of drug-likeness (QED) is 0.859. The molecule has 2 aliphatic rings. The molecule has 0 saturated carbocycles. The average molecular weight is 369 g/mol. The molecule has 0 spiro atoms. The zero-order valence-electron chi connectivity index (χ0n) is 15.6. The van der Waals surface area contributed by atoms with E-state index < -0.39 is 5.60 Å². The zero-order chi connectivity index (χ0) is 18.7. The molecule has 1 N–H and O–H groups in total. The lowest BCUT2D eigenvalue weighted by atomic mass is 9.79. The van der Waals surface area contributed by atoms with Gasteiger partial charge in [0.25, 0.3) is 0 Å². The molecule has 2 atom stereocenters. The monoisotopic (exact) mass is 369 g/mol. The molecule has 1 aromatic heterocycles. The van der Waals surface area contributed by atoms with Gasteiger partial charge < -0.3 is 14.6 Å². The summed E-state index contributed by atoms with van der Waals surface area (Å²) < 4.78 is 1.82. The molecular formula is C20H27N5O2. The van der Waals surface area contributed by atoms with Crippen LogP contribution in [-0.2, 0) is 16.9 Å². The highest BCUT2D eigenvalue weighted by Gasteiger charge is 2.47. The molecule has 2 aromatic rings. The van der Waals surface area contributed by atoms with Crippen LogP contribution in [-0.4, -0.2) is 67.8 Å². The number of amides is 1. The van der Waals surface area contributed by atoms with E-state index in [1.54, 1.807) is 12.7 Å². The molecule has 4 rings (SSSR count). The Kier molecular flexibility index (Phi) is 5.22. The third-order valence-electron chi connectivity index (χ3n) is 5.97. The van der Waals surface area contributed by atoms with Crippen LogP contribution in [0.15, 0.2) is 43.0 Å². The standard InChI is InChI=1S/C20H27N5O2/c26-19(8-12-23-15-21-22-16-23)25-13-9-20(27,17-6-2-1-3-7-17)18(14-25)24-10-4-5-11-24/h1-3,6-7,15-16,18,27H,4-5,8-14H2/t18-,20+/m1/s1. The van der Waals surface area contributed by atoms with Crippen molar-refractivity contribution in [3.8, 4) is 0 Å². The molecule has 2 fully saturated rings. The van der Waals surface area contributed by atoms with Crippen molar-refractivity contribution in [2.75, 3.05) is 26.2 Å². The van der Waals surface area contributed by atoms with Gasteiger partial charge in [-0.15, -0.1) is 10.2 Å². The highest BCUT2D eigenvalue weighted by atomic mass is 16.3. The van der Waals surface area contributed by atoms with Crippen LogP contribution in [0.25, 0.3) is 0 Å². The van der Waals surface area contributed by atoms with E-state index >= 15 is 0 Å². The Morgan fingerprint density at radius 2 is 1.81 bits per heavy atom. The van der Waals surface area contributed by atoms with Crippen molar-refractivity contribution < 1.29 is 9.90 Å². The number of nitrogens with zero attached hydrogens (tertiary/aromatic N) is 5. The second-order valence-corrected chi connectivity index (χ2v) is 7.59. The Labute approximate surface area is 159 Å². The molecule has 3 heterocycles. The van der Waals surface area contributed by atoms with Crippen molar-refractivity contribution in [1.29, 1.82) is 0 Å². The molecule has 144 valence electrons. The second kappa shape index (κ2) is 7.78. The first-order valence-corrected chi connectivity index (χ1v) is 9.79. The summed E-state index contributed by atoms with van der Waals surface area (Å²) >= 11 is 0. The predicted octanol–water partition coefficient (Wildman–Crippen LogP) is 1.25. The van der Waals surface area contributed by atoms with E-state index in [-0.39, 0.29) is 11.9 Å². The topological polar surface area (TPSA) is 74.5 Å². The van der Waals surface area contributed by atoms with Gasteiger partial charge in [-0.2, -0.15) is 0 Å². The summed E-state index contributed by atoms with van der Waals surface area (Å²) in [5, 5.41) is 19.2. The second-order valence-electron chi connectivity index (χ2n) is 7.59. The Balaban J connectivity index is 1.49. The van der Waals surface area contributed by atoms with Crippen molar-refractivity contribution in [3.05, 3.63) is 48.5 Å². The highest BCUT2D eigenvalue weighted by Crippen LogP contribution is 2.37. The highest BCUT2D eigenvalue weighted by molar-refractivity contribution is 5.76. The number of aryl methyl sites for hydroxylation is 1. The maximum Gasteiger partial charge on any atom is 0.224 e. The number of aliphatic hydroxyl groups is 1. The minimum Gasteiger partial charge on any atom is -0.383 e. The Hall–Kier alpha value is -2.25. The van der Waals surface area contributed by atoms with E-state index in [1.807, 2.05) is 39.8 Å². The van der Waals surface area contributed by atoms with Gasteiger partial charge in [-0.3, -0.25) is 9.69 Å². The molecule has 7 heteroatoms. The number of hydrogen-bond acceptors (Lipinski definition) is 5. The number of carbonyl (C=O) groups is 1. The lowest BCUT2D eigenvalue weighted by Gasteiger charge is -2.48. The number of hydrogen-bond donors (Lipinski definition) is 1. The smallest absolute Gasteiger partial charge is 0.224 e. The van der Waals surface area contributed by atoms with Gasteiger partial charge in [-0.05, 0) is 37.9 Å². The maximum atomic E-state index is 12.8. The van der Waals surface area contributed by atoms with Gasteiger partial charge in [0.1, 0.15) is 18.3 Å². The minimum atomic E-state index is -0.906. The summed E-state index contributed by atoms with van der Waals surface area (Å²) in [6.07, 6.45) is 6.56. The van der Waals surface area contributed by atoms with E-state index in [0.29, 0.717) is 32.5 Å². The van der Waals surface area contributed by atoms with Gasteiger partial charge in [0.05, 0.1) is 6.04 Å². The van der Waals surface area contributed by atoms with Crippen LogP contribution in [0.4, 0.5) is 0 Å². The van der Waals surface area contributed by atoms with Crippen molar-refractivity contribution in [2.24, 2.45) is 0 Å². The van der Waals surface area contributed by atoms with E-state index in [1.165, 1.54) is 0 Å². The number of carbonyl (C=O) groups excluding carboxylic acids is 1. The first-order valence-electron chi connectivity index (χ1n) is 9.79. The van der Waals surface area contributed by atoms with Crippen LogP contribution < -0.4 is 0 Å². The third-order valence-corrected chi connectivity index (χ3v) is 5.97. The zero-order valence-corrected chi connectivity index (χ0v) is 15.6. The molecule has 0 radical (unpaired) electrons. The van der Waals surface area contributed by atoms with Crippen LogP contribution in [0.2, 0.25) is 0 Å². The van der Waals surface area contributed by atoms with Crippen LogP contribution in [0.5, 0.6) is 0 Å². The number of aromatic nitrogens is 3. The largest absolute Gasteiger partial charge is 0.383 e. The Morgan fingerprint density at radius 1 is 1.11 bits per heavy atom. The van der Waals surface area contributed by atoms with Gasteiger partial charge in [-0.1, -0.05) is 30.3 Å². The molecule has 0 bridgehead atoms. The predicted molar refractivity (Wildman–Crippen MR) is 101 cm³/mol. The van der Waals surface area contributed by atoms with E-state index in [2.05, 4.69) is 15.1 Å². The summed E-state index contributed by atoms with van der Waals surface area (Å²) in [5.41, 5.74) is 0.0508. The van der Waals surface area contributed by atoms with E-state index in [0.717, 1.165) is 31.5 Å². The van der Waals surface area contributed by atoms with Crippen LogP contribution >= 0.6 is 0 Å². The first-order chi connectivity index (χ1) is 13.2. The van der Waals surface area contributed by atoms with Crippen molar-refractivity contribution in [3.63, 3.8) is 0 Å². The summed E-state index contributed by atoms with van der Waals surface area (Å²) in [4.78, 5) is 17.1. The number of benzene rings is 1. The average Bonchev–Trinajstić information content (AvgIpc) is 3.41. The molecule has 2 aliphatic heterocycles. The van der Waals surface area contributed by atoms with Gasteiger partial charge in [-0.25, -0.2) is 0 Å². The third kappa shape index (κ3) is 3.75. The van der Waals surface area contributed by atoms with Gasteiger partial charge >= 0.3 is 0 Å². The van der Waals surface area contributed by atoms with Crippen LogP contribution in [0.3, 0.4) is 0 Å². The first kappa shape index (κ1) is 18.1. The lowest BCUT2D eigenvalue weighted by molar-refractivity contribution is -0.143. The van der Waals surface area contributed by atoms with Crippen molar-refractivity contribution in [2.45, 2.75) is 43.9 Å². The summed E-state index contributed by atoms with van der Waals surface area (Å²) in [7, 11) is 0. The van der Waals surface area contributed by atoms with Gasteiger partial charge in [0.15, 0.2) is 0 Å². The Morgan fingerprint density at radius 3 is 2.52 bits per heavy atom. The molecule has 27 heavy (non-hydrogen) atoms. The number of rotatable bonds is 5. The molecule has 7 nitrogen and oxygen atoms in total. The Bertz CT molecular complexity index is 745. The number of piperidine rings is 1. The van der Waals surface area contributed by atoms with Gasteiger partial charge in [0.2, 0.25) is 5.91 Å². The minimum absolute atomic E-state index is 0.0602. The molecule has 0 aliphatic carbocycles. The fourth-order valence-electron chi connectivity index (χ4n) is 4.40. The molecule has 2 saturated heterocycles. The van der Waals surface area contributed by atoms with Crippen molar-refractivity contribution >= 4 is 5.91 Å². The fourth-order valence-corrected chi connectivity index (χ4v) is 4.40. The van der Waals surface area contributed by atoms with E-state index in [9.17, 15) is 9.90 Å². The number of likely N-dealkylation sites (tertiary alicyclic amines) is 2. The summed E-state index contributed by atoms with van der Waals surface area (Å²) in [6, 6.07) is 9.88. The molecule has 1 amide bonds. The SMILES string of the molecule is O=C(CCn1cnnc1)N1CC[C@](O)(c2ccccc2)[C@H](N2CCCC2)C1. The fraction of sp³-hybridized carbons (Fsp3) is 0.550. The summed E-state index contributed by atoms with van der Waals surface area (Å²) in [5.74, 6) is 0.128. The van der Waals surface area contributed by atoms with E-state index in [4.69, 9.17) is 0 Å². The normalized spacial score (nSPS) is 26.4. The molecular weight excluding hydrogens is 342 g/mol. The maximum absolute atomic E-state index is 12.8.